The maximum Gasteiger partial charge on any atom is 0.329 e. The van der Waals surface area contributed by atoms with E-state index in [2.05, 4.69) is 27.1 Å². The van der Waals surface area contributed by atoms with Crippen LogP contribution in [-0.2, 0) is 0 Å². The molecule has 1 atom stereocenters. The van der Waals surface area contributed by atoms with Gasteiger partial charge in [0.15, 0.2) is 0 Å². The summed E-state index contributed by atoms with van der Waals surface area (Å²) in [5.74, 6) is 0.602. The topological polar surface area (TPSA) is 110 Å². The first kappa shape index (κ1) is 14.4. The van der Waals surface area contributed by atoms with Crippen molar-refractivity contribution in [2.24, 2.45) is 5.92 Å². The van der Waals surface area contributed by atoms with E-state index in [-0.39, 0.29) is 17.5 Å². The molecule has 0 aromatic carbocycles. The van der Waals surface area contributed by atoms with E-state index < -0.39 is 4.92 Å². The summed E-state index contributed by atoms with van der Waals surface area (Å²) in [4.78, 5) is 20.3. The van der Waals surface area contributed by atoms with Gasteiger partial charge in [0.05, 0.1) is 4.92 Å². The SMILES string of the molecule is CC(CNc1nc(N)ncc1[N+](=O)[O-])CN1CCCC1. The fraction of sp³-hybridized carbons (Fsp3) is 0.667. The number of hydrogen-bond donors (Lipinski definition) is 2. The molecule has 0 bridgehead atoms. The molecule has 0 aliphatic carbocycles. The molecule has 1 saturated heterocycles. The first-order valence-electron chi connectivity index (χ1n) is 6.79. The summed E-state index contributed by atoms with van der Waals surface area (Å²) in [5, 5.41) is 13.9. The van der Waals surface area contributed by atoms with Crippen molar-refractivity contribution >= 4 is 17.5 Å². The second kappa shape index (κ2) is 6.47. The van der Waals surface area contributed by atoms with Gasteiger partial charge < -0.3 is 16.0 Å². The lowest BCUT2D eigenvalue weighted by atomic mass is 10.1. The first-order valence-corrected chi connectivity index (χ1v) is 6.79. The molecule has 20 heavy (non-hydrogen) atoms. The van der Waals surface area contributed by atoms with Crippen LogP contribution in [0.2, 0.25) is 0 Å². The molecule has 1 aromatic heterocycles. The Morgan fingerprint density at radius 3 is 2.90 bits per heavy atom. The molecule has 8 nitrogen and oxygen atoms in total. The van der Waals surface area contributed by atoms with Crippen LogP contribution in [0.25, 0.3) is 0 Å². The summed E-state index contributed by atoms with van der Waals surface area (Å²) >= 11 is 0. The van der Waals surface area contributed by atoms with E-state index in [9.17, 15) is 10.1 Å². The molecule has 1 aliphatic rings. The monoisotopic (exact) mass is 280 g/mol. The minimum Gasteiger partial charge on any atom is -0.368 e. The van der Waals surface area contributed by atoms with Crippen LogP contribution in [0.15, 0.2) is 6.20 Å². The summed E-state index contributed by atoms with van der Waals surface area (Å²) in [6.07, 6.45) is 3.65. The molecule has 2 heterocycles. The molecule has 0 radical (unpaired) electrons. The predicted molar refractivity (Wildman–Crippen MR) is 76.4 cm³/mol. The molecule has 1 fully saturated rings. The highest BCUT2D eigenvalue weighted by Crippen LogP contribution is 2.21. The Kier molecular flexibility index (Phi) is 4.67. The lowest BCUT2D eigenvalue weighted by molar-refractivity contribution is -0.384. The maximum absolute atomic E-state index is 10.9. The number of aromatic nitrogens is 2. The minimum absolute atomic E-state index is 0.0327. The Balaban J connectivity index is 1.92. The smallest absolute Gasteiger partial charge is 0.329 e. The zero-order valence-corrected chi connectivity index (χ0v) is 11.6. The second-order valence-electron chi connectivity index (χ2n) is 5.21. The van der Waals surface area contributed by atoms with Crippen LogP contribution in [-0.4, -0.2) is 46.0 Å². The van der Waals surface area contributed by atoms with Crippen LogP contribution in [0, 0.1) is 16.0 Å². The summed E-state index contributed by atoms with van der Waals surface area (Å²) in [6.45, 7) is 6.01. The quantitative estimate of drug-likeness (QED) is 0.593. The zero-order chi connectivity index (χ0) is 14.5. The molecular weight excluding hydrogens is 260 g/mol. The van der Waals surface area contributed by atoms with E-state index in [0.717, 1.165) is 25.8 Å². The van der Waals surface area contributed by atoms with Crippen LogP contribution in [0.4, 0.5) is 17.5 Å². The average Bonchev–Trinajstić information content (AvgIpc) is 2.89. The molecule has 1 aromatic rings. The van der Waals surface area contributed by atoms with Crippen molar-refractivity contribution in [2.75, 3.05) is 37.2 Å². The zero-order valence-electron chi connectivity index (χ0n) is 11.6. The molecule has 1 unspecified atom stereocenters. The largest absolute Gasteiger partial charge is 0.368 e. The Labute approximate surface area is 117 Å². The van der Waals surface area contributed by atoms with Gasteiger partial charge in [-0.1, -0.05) is 6.92 Å². The molecule has 8 heteroatoms. The number of anilines is 2. The third-order valence-electron chi connectivity index (χ3n) is 3.37. The number of rotatable bonds is 6. The summed E-state index contributed by atoms with van der Waals surface area (Å²) in [5.41, 5.74) is 5.33. The molecule has 2 rings (SSSR count). The Bertz CT molecular complexity index is 475. The lowest BCUT2D eigenvalue weighted by Gasteiger charge is -2.20. The van der Waals surface area contributed by atoms with Gasteiger partial charge in [-0.25, -0.2) is 4.98 Å². The van der Waals surface area contributed by atoms with Gasteiger partial charge in [0.25, 0.3) is 0 Å². The van der Waals surface area contributed by atoms with Crippen LogP contribution in [0.3, 0.4) is 0 Å². The van der Waals surface area contributed by atoms with Crippen LogP contribution in [0.5, 0.6) is 0 Å². The van der Waals surface area contributed by atoms with Crippen LogP contribution in [0.1, 0.15) is 19.8 Å². The Morgan fingerprint density at radius 2 is 2.25 bits per heavy atom. The molecule has 0 amide bonds. The number of nitro groups is 1. The van der Waals surface area contributed by atoms with E-state index >= 15 is 0 Å². The maximum atomic E-state index is 10.9. The molecular formula is C12H20N6O2. The fourth-order valence-corrected chi connectivity index (χ4v) is 2.39. The highest BCUT2D eigenvalue weighted by Gasteiger charge is 2.18. The number of nitrogens with two attached hydrogens (primary N) is 1. The number of hydrogen-bond acceptors (Lipinski definition) is 7. The van der Waals surface area contributed by atoms with Crippen LogP contribution < -0.4 is 11.1 Å². The molecule has 110 valence electrons. The van der Waals surface area contributed by atoms with Gasteiger partial charge >= 0.3 is 5.69 Å². The number of nitrogen functional groups attached to an aromatic ring is 1. The van der Waals surface area contributed by atoms with Crippen molar-refractivity contribution in [3.8, 4) is 0 Å². The minimum atomic E-state index is -0.507. The predicted octanol–water partition coefficient (Wildman–Crippen LogP) is 1.11. The van der Waals surface area contributed by atoms with Crippen molar-refractivity contribution in [3.63, 3.8) is 0 Å². The van der Waals surface area contributed by atoms with Crippen molar-refractivity contribution in [3.05, 3.63) is 16.3 Å². The Hall–Kier alpha value is -1.96. The van der Waals surface area contributed by atoms with Gasteiger partial charge in [0.1, 0.15) is 6.20 Å². The molecule has 3 N–H and O–H groups in total. The number of nitrogens with zero attached hydrogens (tertiary/aromatic N) is 4. The van der Waals surface area contributed by atoms with E-state index in [1.54, 1.807) is 0 Å². The molecule has 0 spiro atoms. The summed E-state index contributed by atoms with van der Waals surface area (Å²) in [7, 11) is 0. The van der Waals surface area contributed by atoms with Crippen molar-refractivity contribution in [1.29, 1.82) is 0 Å². The highest BCUT2D eigenvalue weighted by atomic mass is 16.6. The molecule has 0 saturated carbocycles. The first-order chi connectivity index (χ1) is 9.56. The number of likely N-dealkylation sites (tertiary alicyclic amines) is 1. The van der Waals surface area contributed by atoms with Gasteiger partial charge in [0, 0.05) is 13.1 Å². The lowest BCUT2D eigenvalue weighted by Crippen LogP contribution is -2.29. The molecule has 1 aliphatic heterocycles. The highest BCUT2D eigenvalue weighted by molar-refractivity contribution is 5.56. The van der Waals surface area contributed by atoms with Crippen molar-refractivity contribution < 1.29 is 4.92 Å². The van der Waals surface area contributed by atoms with Gasteiger partial charge in [-0.05, 0) is 31.8 Å². The van der Waals surface area contributed by atoms with Gasteiger partial charge in [-0.3, -0.25) is 10.1 Å². The van der Waals surface area contributed by atoms with Crippen molar-refractivity contribution in [2.45, 2.75) is 19.8 Å². The summed E-state index contributed by atoms with van der Waals surface area (Å²) in [6, 6.07) is 0. The normalized spacial score (nSPS) is 17.1. The third-order valence-corrected chi connectivity index (χ3v) is 3.37. The van der Waals surface area contributed by atoms with Gasteiger partial charge in [0.2, 0.25) is 11.8 Å². The second-order valence-corrected chi connectivity index (χ2v) is 5.21. The average molecular weight is 280 g/mol. The number of nitrogens with one attached hydrogen (secondary N) is 1. The van der Waals surface area contributed by atoms with E-state index in [4.69, 9.17) is 5.73 Å². The standard InChI is InChI=1S/C12H20N6O2/c1-9(8-17-4-2-3-5-17)6-14-11-10(18(19)20)7-15-12(13)16-11/h7,9H,2-6,8H2,1H3,(H3,13,14,15,16). The van der Waals surface area contributed by atoms with E-state index in [1.807, 2.05) is 0 Å². The van der Waals surface area contributed by atoms with Gasteiger partial charge in [-0.15, -0.1) is 0 Å². The third kappa shape index (κ3) is 3.77. The Morgan fingerprint density at radius 1 is 1.55 bits per heavy atom. The van der Waals surface area contributed by atoms with E-state index in [1.165, 1.54) is 12.8 Å². The van der Waals surface area contributed by atoms with Crippen LogP contribution >= 0.6 is 0 Å². The van der Waals surface area contributed by atoms with Gasteiger partial charge in [-0.2, -0.15) is 4.98 Å². The fourth-order valence-electron chi connectivity index (χ4n) is 2.39. The van der Waals surface area contributed by atoms with Crippen molar-refractivity contribution in [1.82, 2.24) is 14.9 Å². The van der Waals surface area contributed by atoms with E-state index in [0.29, 0.717) is 12.5 Å². The summed E-state index contributed by atoms with van der Waals surface area (Å²) < 4.78 is 0.